The lowest BCUT2D eigenvalue weighted by Crippen LogP contribution is -2.17. The number of aryl methyl sites for hydroxylation is 1. The molecule has 0 aliphatic carbocycles. The minimum absolute atomic E-state index is 0.127. The van der Waals surface area contributed by atoms with Crippen molar-refractivity contribution in [2.45, 2.75) is 6.92 Å². The number of nitrogens with zero attached hydrogens (tertiary/aromatic N) is 2. The summed E-state index contributed by atoms with van der Waals surface area (Å²) in [4.78, 5) is 22.5. The average molecular weight is 418 g/mol. The fraction of sp³-hybridized carbons (Fsp3) is 0.0526. The maximum Gasteiger partial charge on any atom is 0.273 e. The first-order valence-electron chi connectivity index (χ1n) is 7.99. The first-order chi connectivity index (χ1) is 13.3. The second-order valence-electron chi connectivity index (χ2n) is 5.78. The van der Waals surface area contributed by atoms with Crippen molar-refractivity contribution in [2.75, 3.05) is 0 Å². The van der Waals surface area contributed by atoms with E-state index in [1.54, 1.807) is 37.3 Å². The summed E-state index contributed by atoms with van der Waals surface area (Å²) >= 11 is 12.0. The molecule has 0 bridgehead atoms. The number of furan rings is 1. The first kappa shape index (κ1) is 19.6. The molecule has 7 nitrogen and oxygen atoms in total. The van der Waals surface area contributed by atoms with Crippen LogP contribution in [0.15, 0.2) is 58.0 Å². The van der Waals surface area contributed by atoms with Gasteiger partial charge >= 0.3 is 0 Å². The van der Waals surface area contributed by atoms with E-state index in [1.165, 1.54) is 24.4 Å². The van der Waals surface area contributed by atoms with Crippen LogP contribution in [0.5, 0.6) is 0 Å². The van der Waals surface area contributed by atoms with Gasteiger partial charge < -0.3 is 4.42 Å². The topological polar surface area (TPSA) is 97.7 Å². The number of hydrazone groups is 1. The third kappa shape index (κ3) is 4.39. The van der Waals surface area contributed by atoms with Gasteiger partial charge in [-0.2, -0.15) is 5.10 Å². The van der Waals surface area contributed by atoms with Gasteiger partial charge in [-0.1, -0.05) is 29.3 Å². The minimum Gasteiger partial charge on any atom is -0.455 e. The second-order valence-corrected chi connectivity index (χ2v) is 6.63. The molecule has 3 aromatic rings. The molecule has 142 valence electrons. The number of halogens is 2. The zero-order valence-electron chi connectivity index (χ0n) is 14.5. The van der Waals surface area contributed by atoms with E-state index in [2.05, 4.69) is 10.5 Å². The molecule has 0 spiro atoms. The van der Waals surface area contributed by atoms with Crippen LogP contribution >= 0.6 is 23.2 Å². The van der Waals surface area contributed by atoms with Gasteiger partial charge in [0, 0.05) is 27.8 Å². The average Bonchev–Trinajstić information content (AvgIpc) is 3.10. The van der Waals surface area contributed by atoms with E-state index in [0.717, 1.165) is 0 Å². The Balaban J connectivity index is 1.70. The van der Waals surface area contributed by atoms with Crippen molar-refractivity contribution in [1.29, 1.82) is 0 Å². The number of carbonyl (C=O) groups is 1. The number of amides is 1. The Hall–Kier alpha value is -3.16. The molecule has 0 atom stereocenters. The highest BCUT2D eigenvalue weighted by atomic mass is 35.5. The summed E-state index contributed by atoms with van der Waals surface area (Å²) in [6.07, 6.45) is 1.31. The summed E-state index contributed by atoms with van der Waals surface area (Å²) in [6, 6.07) is 12.6. The molecular weight excluding hydrogens is 405 g/mol. The highest BCUT2D eigenvalue weighted by Crippen LogP contribution is 2.31. The van der Waals surface area contributed by atoms with Gasteiger partial charge in [-0.05, 0) is 43.3 Å². The number of nitro benzene ring substituents is 1. The molecule has 28 heavy (non-hydrogen) atoms. The smallest absolute Gasteiger partial charge is 0.273 e. The zero-order valence-corrected chi connectivity index (χ0v) is 16.0. The van der Waals surface area contributed by atoms with Gasteiger partial charge in [0.25, 0.3) is 11.6 Å². The molecule has 0 radical (unpaired) electrons. The molecule has 9 heteroatoms. The Kier molecular flexibility index (Phi) is 5.77. The maximum absolute atomic E-state index is 12.1. The van der Waals surface area contributed by atoms with Crippen LogP contribution in [-0.2, 0) is 0 Å². The number of hydrogen-bond acceptors (Lipinski definition) is 5. The predicted molar refractivity (Wildman–Crippen MR) is 107 cm³/mol. The summed E-state index contributed by atoms with van der Waals surface area (Å²) in [7, 11) is 0. The number of hydrogen-bond donors (Lipinski definition) is 1. The van der Waals surface area contributed by atoms with E-state index >= 15 is 0 Å². The van der Waals surface area contributed by atoms with Gasteiger partial charge in [0.2, 0.25) is 0 Å². The molecule has 0 aliphatic rings. The summed E-state index contributed by atoms with van der Waals surface area (Å²) in [6.45, 7) is 1.60. The summed E-state index contributed by atoms with van der Waals surface area (Å²) in [5.41, 5.74) is 3.44. The van der Waals surface area contributed by atoms with Crippen LogP contribution in [0.4, 0.5) is 5.69 Å². The summed E-state index contributed by atoms with van der Waals surface area (Å²) < 4.78 is 5.63. The van der Waals surface area contributed by atoms with Crippen LogP contribution in [-0.4, -0.2) is 17.0 Å². The fourth-order valence-electron chi connectivity index (χ4n) is 2.42. The van der Waals surface area contributed by atoms with Gasteiger partial charge in [-0.3, -0.25) is 14.9 Å². The first-order valence-corrected chi connectivity index (χ1v) is 8.74. The molecule has 1 heterocycles. The molecule has 0 unspecified atom stereocenters. The van der Waals surface area contributed by atoms with Crippen LogP contribution < -0.4 is 5.43 Å². The Morgan fingerprint density at radius 3 is 2.68 bits per heavy atom. The standard InChI is InChI=1S/C19H13Cl2N3O4/c1-11-2-3-12(8-17(11)24(26)27)19(25)23-22-10-14-5-7-18(28-14)15-6-4-13(20)9-16(15)21/h2-10H,1H3,(H,23,25)/b22-10-. The number of nitrogens with one attached hydrogen (secondary N) is 1. The van der Waals surface area contributed by atoms with Gasteiger partial charge in [-0.25, -0.2) is 5.43 Å². The number of carbonyl (C=O) groups excluding carboxylic acids is 1. The van der Waals surface area contributed by atoms with E-state index in [4.69, 9.17) is 27.6 Å². The lowest BCUT2D eigenvalue weighted by atomic mass is 10.1. The van der Waals surface area contributed by atoms with Crippen LogP contribution in [0.3, 0.4) is 0 Å². The maximum atomic E-state index is 12.1. The number of rotatable bonds is 5. The minimum atomic E-state index is -0.577. The van der Waals surface area contributed by atoms with E-state index in [9.17, 15) is 14.9 Å². The van der Waals surface area contributed by atoms with Crippen LogP contribution in [0.2, 0.25) is 10.0 Å². The fourth-order valence-corrected chi connectivity index (χ4v) is 2.92. The Morgan fingerprint density at radius 1 is 1.18 bits per heavy atom. The molecule has 1 N–H and O–H groups in total. The Bertz CT molecular complexity index is 1090. The van der Waals surface area contributed by atoms with E-state index in [0.29, 0.717) is 32.7 Å². The molecule has 1 aromatic heterocycles. The van der Waals surface area contributed by atoms with Crippen molar-refractivity contribution in [1.82, 2.24) is 5.43 Å². The molecule has 3 rings (SSSR count). The molecule has 0 aliphatic heterocycles. The van der Waals surface area contributed by atoms with Crippen LogP contribution in [0, 0.1) is 17.0 Å². The van der Waals surface area contributed by atoms with Gasteiger partial charge in [-0.15, -0.1) is 0 Å². The van der Waals surface area contributed by atoms with Crippen molar-refractivity contribution in [3.05, 3.63) is 85.6 Å². The summed E-state index contributed by atoms with van der Waals surface area (Å²) in [5, 5.41) is 15.7. The van der Waals surface area contributed by atoms with E-state index < -0.39 is 10.8 Å². The second kappa shape index (κ2) is 8.24. The Labute approximate surface area is 169 Å². The van der Waals surface area contributed by atoms with Crippen molar-refractivity contribution in [2.24, 2.45) is 5.10 Å². The SMILES string of the molecule is Cc1ccc(C(=O)N/N=C\c2ccc(-c3ccc(Cl)cc3Cl)o2)cc1[N+](=O)[O-]. The van der Waals surface area contributed by atoms with Crippen molar-refractivity contribution >= 4 is 41.0 Å². The molecule has 0 saturated carbocycles. The molecule has 1 amide bonds. The van der Waals surface area contributed by atoms with E-state index in [1.807, 2.05) is 0 Å². The van der Waals surface area contributed by atoms with E-state index in [-0.39, 0.29) is 11.3 Å². The van der Waals surface area contributed by atoms with Crippen molar-refractivity contribution < 1.29 is 14.1 Å². The molecular formula is C19H13Cl2N3O4. The third-order valence-corrected chi connectivity index (χ3v) is 4.40. The predicted octanol–water partition coefficient (Wildman–Crippen LogP) is 5.23. The van der Waals surface area contributed by atoms with Crippen LogP contribution in [0.1, 0.15) is 21.7 Å². The Morgan fingerprint density at radius 2 is 1.96 bits per heavy atom. The molecule has 2 aromatic carbocycles. The molecule has 0 fully saturated rings. The molecule has 0 saturated heterocycles. The van der Waals surface area contributed by atoms with Gasteiger partial charge in [0.15, 0.2) is 0 Å². The lowest BCUT2D eigenvalue weighted by Gasteiger charge is -2.02. The lowest BCUT2D eigenvalue weighted by molar-refractivity contribution is -0.385. The number of benzene rings is 2. The quantitative estimate of drug-likeness (QED) is 0.348. The largest absolute Gasteiger partial charge is 0.455 e. The van der Waals surface area contributed by atoms with Crippen molar-refractivity contribution in [3.63, 3.8) is 0 Å². The van der Waals surface area contributed by atoms with Crippen LogP contribution in [0.25, 0.3) is 11.3 Å². The monoisotopic (exact) mass is 417 g/mol. The normalized spacial score (nSPS) is 11.0. The van der Waals surface area contributed by atoms with Crippen molar-refractivity contribution in [3.8, 4) is 11.3 Å². The van der Waals surface area contributed by atoms with Gasteiger partial charge in [0.05, 0.1) is 16.2 Å². The zero-order chi connectivity index (χ0) is 20.3. The highest BCUT2D eigenvalue weighted by molar-refractivity contribution is 6.36. The number of nitro groups is 1. The third-order valence-electron chi connectivity index (χ3n) is 3.85. The van der Waals surface area contributed by atoms with Gasteiger partial charge in [0.1, 0.15) is 11.5 Å². The highest BCUT2D eigenvalue weighted by Gasteiger charge is 2.14. The summed E-state index contributed by atoms with van der Waals surface area (Å²) in [5.74, 6) is 0.326.